The summed E-state index contributed by atoms with van der Waals surface area (Å²) in [4.78, 5) is 27.0. The minimum atomic E-state index is -0.486. The minimum absolute atomic E-state index is 0.0711. The first-order valence-corrected chi connectivity index (χ1v) is 6.64. The largest absolute Gasteiger partial charge is 0.441 e. The molecule has 2 amide bonds. The Bertz CT molecular complexity index is 642. The number of hydrogen-bond donors (Lipinski definition) is 1. The molecule has 6 heteroatoms. The van der Waals surface area contributed by atoms with Crippen molar-refractivity contribution < 1.29 is 19.4 Å². The fourth-order valence-electron chi connectivity index (χ4n) is 3.47. The average molecular weight is 274 g/mol. The molecule has 0 bridgehead atoms. The van der Waals surface area contributed by atoms with Crippen LogP contribution in [0.4, 0.5) is 16.2 Å². The first-order chi connectivity index (χ1) is 9.61. The maximum atomic E-state index is 11.9. The number of benzene rings is 1. The molecule has 0 spiro atoms. The molecule has 3 aliphatic heterocycles. The Kier molecular flexibility index (Phi) is 2.18. The van der Waals surface area contributed by atoms with Crippen molar-refractivity contribution in [2.24, 2.45) is 0 Å². The van der Waals surface area contributed by atoms with Gasteiger partial charge in [0.1, 0.15) is 6.10 Å². The molecule has 1 fully saturated rings. The van der Waals surface area contributed by atoms with Gasteiger partial charge < -0.3 is 14.7 Å². The number of amides is 2. The number of aliphatic hydroxyl groups is 1. The second-order valence-corrected chi connectivity index (χ2v) is 5.44. The van der Waals surface area contributed by atoms with Gasteiger partial charge in [-0.25, -0.2) is 4.79 Å². The third kappa shape index (κ3) is 1.27. The number of ether oxygens (including phenoxy) is 1. The summed E-state index contributed by atoms with van der Waals surface area (Å²) in [6.45, 7) is -0.179. The van der Waals surface area contributed by atoms with Crippen molar-refractivity contribution in [2.75, 3.05) is 23.5 Å². The Balaban J connectivity index is 1.83. The van der Waals surface area contributed by atoms with E-state index < -0.39 is 12.2 Å². The molecule has 0 aliphatic carbocycles. The van der Waals surface area contributed by atoms with E-state index in [1.807, 2.05) is 12.1 Å². The molecular weight excluding hydrogens is 260 g/mol. The maximum absolute atomic E-state index is 11.9. The zero-order chi connectivity index (χ0) is 14.0. The molecule has 0 aromatic heterocycles. The van der Waals surface area contributed by atoms with E-state index in [1.54, 1.807) is 16.8 Å². The Morgan fingerprint density at radius 2 is 2.05 bits per heavy atom. The molecule has 3 heterocycles. The van der Waals surface area contributed by atoms with Gasteiger partial charge in [0.2, 0.25) is 5.91 Å². The van der Waals surface area contributed by atoms with Crippen LogP contribution < -0.4 is 9.80 Å². The van der Waals surface area contributed by atoms with Gasteiger partial charge >= 0.3 is 6.09 Å². The molecule has 1 aromatic rings. The number of nitrogens with zero attached hydrogens (tertiary/aromatic N) is 2. The number of cyclic esters (lactones) is 1. The van der Waals surface area contributed by atoms with Crippen molar-refractivity contribution >= 4 is 23.4 Å². The van der Waals surface area contributed by atoms with E-state index in [1.165, 1.54) is 0 Å². The quantitative estimate of drug-likeness (QED) is 0.807. The Hall–Kier alpha value is -2.08. The van der Waals surface area contributed by atoms with E-state index in [-0.39, 0.29) is 18.6 Å². The number of likely N-dealkylation sites (N-methyl/N-ethyl adjacent to an activating group) is 1. The molecule has 1 N–H and O–H groups in total. The predicted octanol–water partition coefficient (Wildman–Crippen LogP) is 0.448. The van der Waals surface area contributed by atoms with E-state index in [9.17, 15) is 14.7 Å². The fraction of sp³-hybridized carbons (Fsp3) is 0.429. The summed E-state index contributed by atoms with van der Waals surface area (Å²) < 4.78 is 5.16. The Morgan fingerprint density at radius 1 is 1.30 bits per heavy atom. The summed E-state index contributed by atoms with van der Waals surface area (Å²) in [5.74, 6) is 0.0711. The van der Waals surface area contributed by atoms with Crippen LogP contribution in [0.2, 0.25) is 0 Å². The normalized spacial score (nSPS) is 26.7. The highest BCUT2D eigenvalue weighted by atomic mass is 16.6. The van der Waals surface area contributed by atoms with Crippen molar-refractivity contribution in [3.05, 3.63) is 23.3 Å². The lowest BCUT2D eigenvalue weighted by atomic mass is 9.99. The SMILES string of the molecule is CN1C(=O)Cc2c1ccc1c2C[C@H]2C(CO)OC(=O)N12. The number of aliphatic hydroxyl groups excluding tert-OH is 1. The molecule has 3 aliphatic rings. The second-order valence-electron chi connectivity index (χ2n) is 5.44. The van der Waals surface area contributed by atoms with Gasteiger partial charge in [0.15, 0.2) is 0 Å². The number of hydrogen-bond acceptors (Lipinski definition) is 4. The van der Waals surface area contributed by atoms with Gasteiger partial charge in [0.25, 0.3) is 0 Å². The molecule has 4 rings (SSSR count). The van der Waals surface area contributed by atoms with Crippen LogP contribution in [0.25, 0.3) is 0 Å². The molecule has 20 heavy (non-hydrogen) atoms. The Labute approximate surface area is 115 Å². The standard InChI is InChI=1S/C14H14N2O4/c1-15-9-2-3-10-7(8(9)5-13(15)18)4-11-12(6-17)20-14(19)16(10)11/h2-3,11-12,17H,4-6H2,1H3/t11-,12?/m0/s1. The van der Waals surface area contributed by atoms with Gasteiger partial charge in [-0.3, -0.25) is 9.69 Å². The van der Waals surface area contributed by atoms with Crippen LogP contribution in [0.3, 0.4) is 0 Å². The average Bonchev–Trinajstić information content (AvgIpc) is 3.04. The second kappa shape index (κ2) is 3.73. The lowest BCUT2D eigenvalue weighted by molar-refractivity contribution is -0.117. The monoisotopic (exact) mass is 274 g/mol. The van der Waals surface area contributed by atoms with Gasteiger partial charge in [-0.05, 0) is 29.7 Å². The van der Waals surface area contributed by atoms with Crippen LogP contribution in [-0.2, 0) is 22.4 Å². The van der Waals surface area contributed by atoms with Crippen LogP contribution in [0.15, 0.2) is 12.1 Å². The molecular formula is C14H14N2O4. The van der Waals surface area contributed by atoms with E-state index in [2.05, 4.69) is 0 Å². The molecule has 104 valence electrons. The van der Waals surface area contributed by atoms with E-state index in [0.29, 0.717) is 12.8 Å². The zero-order valence-electron chi connectivity index (χ0n) is 11.0. The molecule has 0 saturated carbocycles. The predicted molar refractivity (Wildman–Crippen MR) is 70.9 cm³/mol. The highest BCUT2D eigenvalue weighted by Crippen LogP contribution is 2.44. The van der Waals surface area contributed by atoms with E-state index >= 15 is 0 Å². The van der Waals surface area contributed by atoms with Gasteiger partial charge in [-0.2, -0.15) is 0 Å². The lowest BCUT2D eigenvalue weighted by Crippen LogP contribution is -2.34. The number of rotatable bonds is 1. The summed E-state index contributed by atoms with van der Waals surface area (Å²) >= 11 is 0. The highest BCUT2D eigenvalue weighted by Gasteiger charge is 2.48. The fourth-order valence-corrected chi connectivity index (χ4v) is 3.47. The van der Waals surface area contributed by atoms with Gasteiger partial charge in [-0.1, -0.05) is 0 Å². The Morgan fingerprint density at radius 3 is 2.80 bits per heavy atom. The number of anilines is 2. The molecule has 2 atom stereocenters. The smallest absolute Gasteiger partial charge is 0.415 e. The molecule has 1 unspecified atom stereocenters. The van der Waals surface area contributed by atoms with E-state index in [4.69, 9.17) is 4.74 Å². The molecule has 1 aromatic carbocycles. The molecule has 0 radical (unpaired) electrons. The van der Waals surface area contributed by atoms with Crippen LogP contribution >= 0.6 is 0 Å². The molecule has 6 nitrogen and oxygen atoms in total. The number of carbonyl (C=O) groups is 2. The van der Waals surface area contributed by atoms with Crippen LogP contribution in [0.5, 0.6) is 0 Å². The highest BCUT2D eigenvalue weighted by molar-refractivity contribution is 6.04. The third-order valence-electron chi connectivity index (χ3n) is 4.51. The van der Waals surface area contributed by atoms with Gasteiger partial charge in [0.05, 0.1) is 24.8 Å². The summed E-state index contributed by atoms with van der Waals surface area (Å²) in [7, 11) is 1.77. The van der Waals surface area contributed by atoms with E-state index in [0.717, 1.165) is 22.5 Å². The lowest BCUT2D eigenvalue weighted by Gasteiger charge is -2.15. The first-order valence-electron chi connectivity index (χ1n) is 6.64. The summed E-state index contributed by atoms with van der Waals surface area (Å²) in [6.07, 6.45) is 0.121. The molecule has 1 saturated heterocycles. The van der Waals surface area contributed by atoms with Crippen molar-refractivity contribution in [1.29, 1.82) is 0 Å². The minimum Gasteiger partial charge on any atom is -0.441 e. The zero-order valence-corrected chi connectivity index (χ0v) is 11.0. The topological polar surface area (TPSA) is 70.1 Å². The van der Waals surface area contributed by atoms with Gasteiger partial charge in [-0.15, -0.1) is 0 Å². The van der Waals surface area contributed by atoms with Crippen molar-refractivity contribution in [1.82, 2.24) is 0 Å². The van der Waals surface area contributed by atoms with Gasteiger partial charge in [0, 0.05) is 12.7 Å². The van der Waals surface area contributed by atoms with Crippen molar-refractivity contribution in [3.63, 3.8) is 0 Å². The number of carbonyl (C=O) groups excluding carboxylic acids is 2. The number of fused-ring (bicyclic) bond motifs is 5. The summed E-state index contributed by atoms with van der Waals surface area (Å²) in [6, 6.07) is 3.58. The maximum Gasteiger partial charge on any atom is 0.415 e. The van der Waals surface area contributed by atoms with Crippen molar-refractivity contribution in [2.45, 2.75) is 25.0 Å². The summed E-state index contributed by atoms with van der Waals surface area (Å²) in [5.41, 5.74) is 3.79. The summed E-state index contributed by atoms with van der Waals surface area (Å²) in [5, 5.41) is 9.32. The van der Waals surface area contributed by atoms with Crippen LogP contribution in [0, 0.1) is 0 Å². The van der Waals surface area contributed by atoms with Crippen LogP contribution in [0.1, 0.15) is 11.1 Å². The van der Waals surface area contributed by atoms with Crippen molar-refractivity contribution in [3.8, 4) is 0 Å². The third-order valence-corrected chi connectivity index (χ3v) is 4.51. The van der Waals surface area contributed by atoms with Crippen LogP contribution in [-0.4, -0.2) is 42.9 Å². The first kappa shape index (κ1) is 11.7.